The maximum Gasteiger partial charge on any atom is 0.213 e. The Morgan fingerprint density at radius 1 is 1.33 bits per heavy atom. The molecule has 0 aliphatic heterocycles. The van der Waals surface area contributed by atoms with E-state index in [1.54, 1.807) is 37.4 Å². The van der Waals surface area contributed by atoms with E-state index in [4.69, 9.17) is 32.0 Å². The van der Waals surface area contributed by atoms with Gasteiger partial charge in [0.1, 0.15) is 12.4 Å². The number of amidine groups is 1. The number of hydrogen-bond donors (Lipinski definition) is 2. The Balaban J connectivity index is 2.22. The molecule has 0 fully saturated rings. The predicted octanol–water partition coefficient (Wildman–Crippen LogP) is 2.42. The van der Waals surface area contributed by atoms with E-state index in [-0.39, 0.29) is 12.4 Å². The molecule has 2 rings (SSSR count). The lowest BCUT2D eigenvalue weighted by Gasteiger charge is -2.12. The van der Waals surface area contributed by atoms with Gasteiger partial charge >= 0.3 is 0 Å². The molecule has 0 atom stereocenters. The number of benzene rings is 1. The third-order valence-corrected chi connectivity index (χ3v) is 3.02. The molecule has 0 saturated carbocycles. The first-order valence-electron chi connectivity index (χ1n) is 6.05. The van der Waals surface area contributed by atoms with Crippen molar-refractivity contribution in [2.45, 2.75) is 6.61 Å². The van der Waals surface area contributed by atoms with Crippen LogP contribution in [0.1, 0.15) is 11.3 Å². The van der Waals surface area contributed by atoms with E-state index >= 15 is 0 Å². The minimum atomic E-state index is -0.116. The van der Waals surface area contributed by atoms with Gasteiger partial charge in [-0.15, -0.1) is 0 Å². The van der Waals surface area contributed by atoms with Gasteiger partial charge in [-0.05, 0) is 18.2 Å². The van der Waals surface area contributed by atoms with Gasteiger partial charge in [-0.3, -0.25) is 0 Å². The van der Waals surface area contributed by atoms with Crippen LogP contribution in [0.3, 0.4) is 0 Å². The number of aromatic nitrogens is 1. The summed E-state index contributed by atoms with van der Waals surface area (Å²) in [6.45, 7) is 0.198. The van der Waals surface area contributed by atoms with Crippen LogP contribution in [0.2, 0.25) is 5.02 Å². The topological polar surface area (TPSA) is 90.0 Å². The van der Waals surface area contributed by atoms with Crippen molar-refractivity contribution in [3.05, 3.63) is 52.7 Å². The molecule has 0 unspecified atom stereocenters. The van der Waals surface area contributed by atoms with Crippen LogP contribution < -0.4 is 15.2 Å². The minimum absolute atomic E-state index is 0.116. The van der Waals surface area contributed by atoms with Gasteiger partial charge in [0.05, 0.1) is 23.4 Å². The number of halogens is 1. The van der Waals surface area contributed by atoms with Crippen molar-refractivity contribution in [2.24, 2.45) is 10.9 Å². The molecular formula is C14H14ClN3O3. The van der Waals surface area contributed by atoms with E-state index in [0.29, 0.717) is 27.9 Å². The maximum atomic E-state index is 8.81. The molecule has 0 radical (unpaired) electrons. The van der Waals surface area contributed by atoms with E-state index in [2.05, 4.69) is 10.1 Å². The molecule has 0 aliphatic carbocycles. The highest BCUT2D eigenvalue weighted by Crippen LogP contribution is 2.26. The Kier molecular flexibility index (Phi) is 4.84. The zero-order valence-electron chi connectivity index (χ0n) is 11.3. The molecular weight excluding hydrogens is 294 g/mol. The molecule has 6 nitrogen and oxygen atoms in total. The summed E-state index contributed by atoms with van der Waals surface area (Å²) in [6.07, 6.45) is 0. The molecule has 0 amide bonds. The van der Waals surface area contributed by atoms with Gasteiger partial charge < -0.3 is 20.4 Å². The van der Waals surface area contributed by atoms with Crippen molar-refractivity contribution in [1.29, 1.82) is 0 Å². The van der Waals surface area contributed by atoms with Crippen molar-refractivity contribution < 1.29 is 14.7 Å². The van der Waals surface area contributed by atoms with E-state index in [9.17, 15) is 0 Å². The lowest BCUT2D eigenvalue weighted by atomic mass is 10.2. The quantitative estimate of drug-likeness (QED) is 0.383. The molecule has 0 saturated heterocycles. The number of ether oxygens (including phenoxy) is 2. The summed E-state index contributed by atoms with van der Waals surface area (Å²) >= 11 is 6.04. The van der Waals surface area contributed by atoms with Crippen molar-refractivity contribution in [1.82, 2.24) is 4.98 Å². The zero-order valence-corrected chi connectivity index (χ0v) is 12.0. The SMILES string of the molecule is COc1cccc(COc2cccc(Cl)c2/C(N)=N/O)n1. The Morgan fingerprint density at radius 2 is 2.10 bits per heavy atom. The van der Waals surface area contributed by atoms with Crippen LogP contribution in [0.4, 0.5) is 0 Å². The van der Waals surface area contributed by atoms with Crippen LogP contribution in [-0.4, -0.2) is 23.1 Å². The van der Waals surface area contributed by atoms with E-state index in [1.807, 2.05) is 6.07 Å². The lowest BCUT2D eigenvalue weighted by Crippen LogP contribution is -2.15. The Bertz CT molecular complexity index is 662. The van der Waals surface area contributed by atoms with E-state index in [1.165, 1.54) is 0 Å². The number of methoxy groups -OCH3 is 1. The van der Waals surface area contributed by atoms with E-state index in [0.717, 1.165) is 0 Å². The molecule has 21 heavy (non-hydrogen) atoms. The largest absolute Gasteiger partial charge is 0.486 e. The van der Waals surface area contributed by atoms with Gasteiger partial charge in [-0.25, -0.2) is 4.98 Å². The fraction of sp³-hybridized carbons (Fsp3) is 0.143. The highest BCUT2D eigenvalue weighted by molar-refractivity contribution is 6.34. The summed E-state index contributed by atoms with van der Waals surface area (Å²) in [4.78, 5) is 4.23. The van der Waals surface area contributed by atoms with Gasteiger partial charge in [0.2, 0.25) is 5.88 Å². The minimum Gasteiger partial charge on any atom is -0.486 e. The Morgan fingerprint density at radius 3 is 2.81 bits per heavy atom. The average molecular weight is 308 g/mol. The van der Waals surface area contributed by atoms with Crippen molar-refractivity contribution >= 4 is 17.4 Å². The first kappa shape index (κ1) is 14.9. The van der Waals surface area contributed by atoms with Gasteiger partial charge in [-0.2, -0.15) is 0 Å². The third-order valence-electron chi connectivity index (χ3n) is 2.71. The third kappa shape index (κ3) is 3.55. The number of rotatable bonds is 5. The summed E-state index contributed by atoms with van der Waals surface area (Å²) in [6, 6.07) is 10.4. The lowest BCUT2D eigenvalue weighted by molar-refractivity contribution is 0.296. The second-order valence-corrected chi connectivity index (χ2v) is 4.47. The predicted molar refractivity (Wildman–Crippen MR) is 79.1 cm³/mol. The number of pyridine rings is 1. The number of nitrogens with two attached hydrogens (primary N) is 1. The maximum absolute atomic E-state index is 8.81. The summed E-state index contributed by atoms with van der Waals surface area (Å²) in [5.41, 5.74) is 6.63. The number of hydrogen-bond acceptors (Lipinski definition) is 5. The summed E-state index contributed by atoms with van der Waals surface area (Å²) in [7, 11) is 1.54. The molecule has 2 aromatic rings. The number of oxime groups is 1. The van der Waals surface area contributed by atoms with E-state index < -0.39 is 0 Å². The fourth-order valence-electron chi connectivity index (χ4n) is 1.73. The summed E-state index contributed by atoms with van der Waals surface area (Å²) < 4.78 is 10.7. The second-order valence-electron chi connectivity index (χ2n) is 4.06. The summed E-state index contributed by atoms with van der Waals surface area (Å²) in [5, 5.41) is 12.1. The van der Waals surface area contributed by atoms with Crippen molar-refractivity contribution in [2.75, 3.05) is 7.11 Å². The van der Waals surface area contributed by atoms with Gasteiger partial charge in [0.15, 0.2) is 5.84 Å². The molecule has 1 heterocycles. The molecule has 0 bridgehead atoms. The highest BCUT2D eigenvalue weighted by Gasteiger charge is 2.13. The van der Waals surface area contributed by atoms with Gasteiger partial charge in [-0.1, -0.05) is 28.9 Å². The number of nitrogens with zero attached hydrogens (tertiary/aromatic N) is 2. The van der Waals surface area contributed by atoms with Gasteiger partial charge in [0.25, 0.3) is 0 Å². The Labute approximate surface area is 126 Å². The van der Waals surface area contributed by atoms with Crippen LogP contribution in [0.15, 0.2) is 41.6 Å². The average Bonchev–Trinajstić information content (AvgIpc) is 2.52. The highest BCUT2D eigenvalue weighted by atomic mass is 35.5. The van der Waals surface area contributed by atoms with Crippen LogP contribution in [0, 0.1) is 0 Å². The molecule has 7 heteroatoms. The molecule has 0 spiro atoms. The first-order chi connectivity index (χ1) is 10.2. The first-order valence-corrected chi connectivity index (χ1v) is 6.42. The molecule has 3 N–H and O–H groups in total. The van der Waals surface area contributed by atoms with Crippen molar-refractivity contribution in [3.8, 4) is 11.6 Å². The molecule has 0 aliphatic rings. The smallest absolute Gasteiger partial charge is 0.213 e. The van der Waals surface area contributed by atoms with Crippen LogP contribution >= 0.6 is 11.6 Å². The molecule has 110 valence electrons. The molecule has 1 aromatic heterocycles. The molecule has 1 aromatic carbocycles. The Hall–Kier alpha value is -2.47. The van der Waals surface area contributed by atoms with Gasteiger partial charge in [0, 0.05) is 6.07 Å². The van der Waals surface area contributed by atoms with Crippen LogP contribution in [0.5, 0.6) is 11.6 Å². The standard InChI is InChI=1S/C14H14ClN3O3/c1-20-12-7-2-4-9(17-12)8-21-11-6-3-5-10(15)13(11)14(16)18-19/h2-7,19H,8H2,1H3,(H2,16,18). The fourth-order valence-corrected chi connectivity index (χ4v) is 1.99. The van der Waals surface area contributed by atoms with Crippen LogP contribution in [0.25, 0.3) is 0 Å². The second kappa shape index (κ2) is 6.81. The van der Waals surface area contributed by atoms with Crippen molar-refractivity contribution in [3.63, 3.8) is 0 Å². The normalized spacial score (nSPS) is 11.2. The van der Waals surface area contributed by atoms with Crippen LogP contribution in [-0.2, 0) is 6.61 Å². The summed E-state index contributed by atoms with van der Waals surface area (Å²) in [5.74, 6) is 0.787. The zero-order chi connectivity index (χ0) is 15.2. The monoisotopic (exact) mass is 307 g/mol.